The molecule has 2 aromatic rings. The molecule has 2 N–H and O–H groups in total. The van der Waals surface area contributed by atoms with Crippen molar-refractivity contribution in [2.24, 2.45) is 0 Å². The Morgan fingerprint density at radius 2 is 1.77 bits per heavy atom. The highest BCUT2D eigenvalue weighted by atomic mass is 19.1. The van der Waals surface area contributed by atoms with Crippen molar-refractivity contribution in [1.29, 1.82) is 0 Å². The van der Waals surface area contributed by atoms with Crippen molar-refractivity contribution in [1.82, 2.24) is 9.88 Å². The molecule has 1 aliphatic carbocycles. The van der Waals surface area contributed by atoms with Crippen molar-refractivity contribution >= 4 is 23.4 Å². The summed E-state index contributed by atoms with van der Waals surface area (Å²) in [5.41, 5.74) is 0.368. The monoisotopic (exact) mass is 426 g/mol. The number of carbonyl (C=O) groups is 3. The highest BCUT2D eigenvalue weighted by molar-refractivity contribution is 6.27. The summed E-state index contributed by atoms with van der Waals surface area (Å²) in [7, 11) is 0. The molecule has 1 aromatic heterocycles. The predicted molar refractivity (Wildman–Crippen MR) is 110 cm³/mol. The summed E-state index contributed by atoms with van der Waals surface area (Å²) in [6.45, 7) is 1.42. The minimum absolute atomic E-state index is 0.171. The van der Waals surface area contributed by atoms with Gasteiger partial charge in [0.1, 0.15) is 23.5 Å². The highest BCUT2D eigenvalue weighted by Crippen LogP contribution is 2.47. The van der Waals surface area contributed by atoms with Gasteiger partial charge in [-0.2, -0.15) is 0 Å². The smallest absolute Gasteiger partial charge is 0.325 e. The van der Waals surface area contributed by atoms with Crippen molar-refractivity contribution in [3.63, 3.8) is 0 Å². The third-order valence-corrected chi connectivity index (χ3v) is 5.93. The molecule has 8 heteroatoms. The van der Waals surface area contributed by atoms with E-state index in [1.54, 1.807) is 35.8 Å². The number of hydrogen-bond acceptors (Lipinski definition) is 5. The molecule has 0 atom stereocenters. The number of carbonyl (C=O) groups excluding carboxylic acids is 3. The molecule has 0 radical (unpaired) electrons. The summed E-state index contributed by atoms with van der Waals surface area (Å²) in [6, 6.07) is 9.32. The lowest BCUT2D eigenvalue weighted by Gasteiger charge is -2.37. The molecule has 7 nitrogen and oxygen atoms in total. The van der Waals surface area contributed by atoms with Crippen molar-refractivity contribution in [2.45, 2.75) is 38.1 Å². The molecule has 1 aromatic carbocycles. The maximum atomic E-state index is 13.6. The molecule has 4 rings (SSSR count). The van der Waals surface area contributed by atoms with Crippen LogP contribution in [0.15, 0.2) is 42.0 Å². The molecular formula is C23H23FN2O5. The third-order valence-electron chi connectivity index (χ3n) is 5.93. The van der Waals surface area contributed by atoms with Crippen molar-refractivity contribution in [3.05, 3.63) is 53.5 Å². The van der Waals surface area contributed by atoms with E-state index in [9.17, 15) is 23.9 Å². The van der Waals surface area contributed by atoms with Gasteiger partial charge in [0.2, 0.25) is 0 Å². The first-order valence-corrected chi connectivity index (χ1v) is 10.3. The van der Waals surface area contributed by atoms with Crippen LogP contribution in [0.1, 0.15) is 38.3 Å². The maximum absolute atomic E-state index is 13.6. The van der Waals surface area contributed by atoms with Crippen LogP contribution in [0, 0.1) is 5.82 Å². The lowest BCUT2D eigenvalue weighted by atomic mass is 9.82. The predicted octanol–water partition coefficient (Wildman–Crippen LogP) is 3.09. The van der Waals surface area contributed by atoms with Crippen LogP contribution >= 0.6 is 0 Å². The van der Waals surface area contributed by atoms with Gasteiger partial charge in [0, 0.05) is 5.69 Å². The number of amides is 1. The van der Waals surface area contributed by atoms with Gasteiger partial charge >= 0.3 is 5.97 Å². The van der Waals surface area contributed by atoms with E-state index < -0.39 is 35.5 Å². The van der Waals surface area contributed by atoms with Crippen LogP contribution < -0.4 is 5.32 Å². The Hall–Kier alpha value is -3.42. The third kappa shape index (κ3) is 3.41. The molecule has 2 heterocycles. The molecule has 1 saturated carbocycles. The first-order valence-electron chi connectivity index (χ1n) is 10.3. The summed E-state index contributed by atoms with van der Waals surface area (Å²) < 4.78 is 20.0. The van der Waals surface area contributed by atoms with Crippen LogP contribution in [0.25, 0.3) is 17.0 Å². The molecule has 2 aliphatic rings. The number of rotatable bonds is 5. The quantitative estimate of drug-likeness (QED) is 0.566. The van der Waals surface area contributed by atoms with Gasteiger partial charge in [0.05, 0.1) is 12.3 Å². The lowest BCUT2D eigenvalue weighted by molar-refractivity contribution is -0.143. The number of ether oxygens (including phenoxy) is 1. The Morgan fingerprint density at radius 1 is 1.13 bits per heavy atom. The van der Waals surface area contributed by atoms with Gasteiger partial charge in [-0.25, -0.2) is 4.39 Å². The molecule has 1 spiro atoms. The van der Waals surface area contributed by atoms with Crippen LogP contribution in [0.2, 0.25) is 0 Å². The van der Waals surface area contributed by atoms with Crippen molar-refractivity contribution in [2.75, 3.05) is 13.2 Å². The number of esters is 1. The Bertz CT molecular complexity index is 1080. The van der Waals surface area contributed by atoms with E-state index in [1.165, 1.54) is 12.1 Å². The van der Waals surface area contributed by atoms with Gasteiger partial charge in [-0.05, 0) is 61.7 Å². The number of aliphatic hydroxyl groups excluding tert-OH is 1. The molecule has 0 saturated heterocycles. The van der Waals surface area contributed by atoms with Gasteiger partial charge in [-0.15, -0.1) is 0 Å². The number of ketones is 1. The maximum Gasteiger partial charge on any atom is 0.325 e. The molecular weight excluding hydrogens is 403 g/mol. The fourth-order valence-corrected chi connectivity index (χ4v) is 4.57. The number of nitrogens with zero attached hydrogens (tertiary/aromatic N) is 1. The minimum atomic E-state index is -1.01. The normalized spacial score (nSPS) is 17.0. The van der Waals surface area contributed by atoms with Crippen LogP contribution in [0.5, 0.6) is 0 Å². The Balaban J connectivity index is 1.79. The number of Topliss-reactive ketones (excluding diaryl/α,β-unsaturated/α-hetero) is 1. The average molecular weight is 426 g/mol. The fraction of sp³-hybridized carbons (Fsp3) is 0.348. The number of aliphatic hydroxyl groups is 1. The van der Waals surface area contributed by atoms with E-state index in [4.69, 9.17) is 4.74 Å². The Morgan fingerprint density at radius 3 is 2.42 bits per heavy atom. The zero-order chi connectivity index (χ0) is 22.2. The number of halogens is 1. The summed E-state index contributed by atoms with van der Waals surface area (Å²) in [6.07, 6.45) is 2.63. The van der Waals surface area contributed by atoms with Gasteiger partial charge < -0.3 is 19.7 Å². The van der Waals surface area contributed by atoms with Crippen molar-refractivity contribution in [3.8, 4) is 11.3 Å². The second kappa shape index (κ2) is 8.02. The standard InChI is InChI=1S/C23H23FN2O5/c1-2-31-18(27)13-25-22(30)19-20(28)17-10-9-16(14-5-7-15(24)8-6-14)26(17)23(21(19)29)11-3-4-12-23/h5-10,28H,2-4,11-13H2,1H3,(H,25,30). The number of benzene rings is 1. The van der Waals surface area contributed by atoms with Gasteiger partial charge in [-0.3, -0.25) is 14.4 Å². The molecule has 0 bridgehead atoms. The largest absolute Gasteiger partial charge is 0.505 e. The van der Waals surface area contributed by atoms with Crippen LogP contribution in [0.3, 0.4) is 0 Å². The zero-order valence-electron chi connectivity index (χ0n) is 17.1. The SMILES string of the molecule is CCOC(=O)CNC(=O)C1=C(O)c2ccc(-c3ccc(F)cc3)n2C2(CCCC2)C1=O. The summed E-state index contributed by atoms with van der Waals surface area (Å²) >= 11 is 0. The van der Waals surface area contributed by atoms with Crippen LogP contribution in [0.4, 0.5) is 4.39 Å². The molecule has 1 fully saturated rings. The topological polar surface area (TPSA) is 97.6 Å². The second-order valence-electron chi connectivity index (χ2n) is 7.73. The van der Waals surface area contributed by atoms with E-state index in [2.05, 4.69) is 5.32 Å². The fourth-order valence-electron chi connectivity index (χ4n) is 4.57. The molecule has 1 amide bonds. The highest BCUT2D eigenvalue weighted by Gasteiger charge is 2.51. The van der Waals surface area contributed by atoms with E-state index >= 15 is 0 Å². The first-order chi connectivity index (χ1) is 14.9. The lowest BCUT2D eigenvalue weighted by Crippen LogP contribution is -2.48. The first kappa shape index (κ1) is 20.8. The molecule has 162 valence electrons. The summed E-state index contributed by atoms with van der Waals surface area (Å²) in [5, 5.41) is 13.3. The van der Waals surface area contributed by atoms with Gasteiger partial charge in [0.15, 0.2) is 11.5 Å². The molecule has 0 unspecified atom stereocenters. The molecule has 1 aliphatic heterocycles. The zero-order valence-corrected chi connectivity index (χ0v) is 17.1. The minimum Gasteiger partial charge on any atom is -0.505 e. The average Bonchev–Trinajstić information content (AvgIpc) is 3.40. The van der Waals surface area contributed by atoms with E-state index in [0.717, 1.165) is 12.8 Å². The summed E-state index contributed by atoms with van der Waals surface area (Å²) in [5.74, 6) is -2.72. The number of aromatic nitrogens is 1. The van der Waals surface area contributed by atoms with Crippen LogP contribution in [-0.2, 0) is 24.7 Å². The Labute approximate surface area is 178 Å². The number of hydrogen-bond donors (Lipinski definition) is 2. The molecule has 31 heavy (non-hydrogen) atoms. The van der Waals surface area contributed by atoms with Gasteiger partial charge in [-0.1, -0.05) is 12.8 Å². The number of nitrogens with one attached hydrogen (secondary N) is 1. The van der Waals surface area contributed by atoms with Gasteiger partial charge in [0.25, 0.3) is 5.91 Å². The van der Waals surface area contributed by atoms with Crippen molar-refractivity contribution < 1.29 is 28.6 Å². The Kier molecular flexibility index (Phi) is 5.39. The summed E-state index contributed by atoms with van der Waals surface area (Å²) in [4.78, 5) is 38.0. The van der Waals surface area contributed by atoms with Crippen LogP contribution in [-0.4, -0.2) is 40.5 Å². The number of fused-ring (bicyclic) bond motifs is 2. The second-order valence-corrected chi connectivity index (χ2v) is 7.73. The van der Waals surface area contributed by atoms with E-state index in [0.29, 0.717) is 29.8 Å². The van der Waals surface area contributed by atoms with E-state index in [1.807, 2.05) is 0 Å². The van der Waals surface area contributed by atoms with E-state index in [-0.39, 0.29) is 18.0 Å².